The van der Waals surface area contributed by atoms with E-state index in [9.17, 15) is 0 Å². The van der Waals surface area contributed by atoms with Gasteiger partial charge in [0.25, 0.3) is 0 Å². The summed E-state index contributed by atoms with van der Waals surface area (Å²) in [6.07, 6.45) is 0. The lowest BCUT2D eigenvalue weighted by Gasteiger charge is -2.26. The quantitative estimate of drug-likeness (QED) is 0.206. The summed E-state index contributed by atoms with van der Waals surface area (Å²) in [5, 5.41) is 7.71. The molecular formula is C40H26N2S. The van der Waals surface area contributed by atoms with Crippen LogP contribution in [0.1, 0.15) is 0 Å². The summed E-state index contributed by atoms with van der Waals surface area (Å²) in [7, 11) is 0. The zero-order valence-electron chi connectivity index (χ0n) is 23.3. The first-order valence-corrected chi connectivity index (χ1v) is 15.4. The zero-order valence-corrected chi connectivity index (χ0v) is 24.1. The van der Waals surface area contributed by atoms with Crippen molar-refractivity contribution in [2.75, 3.05) is 4.90 Å². The maximum Gasteiger partial charge on any atom is 0.0542 e. The second-order valence-corrected chi connectivity index (χ2v) is 12.1. The summed E-state index contributed by atoms with van der Waals surface area (Å²) in [6, 6.07) is 57.2. The average molecular weight is 567 g/mol. The van der Waals surface area contributed by atoms with Crippen LogP contribution in [0.3, 0.4) is 0 Å². The maximum atomic E-state index is 2.39. The number of rotatable bonds is 4. The van der Waals surface area contributed by atoms with Crippen molar-refractivity contribution in [3.05, 3.63) is 158 Å². The Morgan fingerprint density at radius 2 is 1.05 bits per heavy atom. The van der Waals surface area contributed by atoms with Crippen LogP contribution in [0.2, 0.25) is 0 Å². The summed E-state index contributed by atoms with van der Waals surface area (Å²) in [5.41, 5.74) is 7.00. The van der Waals surface area contributed by atoms with Gasteiger partial charge in [-0.1, -0.05) is 84.9 Å². The molecule has 2 heterocycles. The molecule has 0 N–H and O–H groups in total. The predicted molar refractivity (Wildman–Crippen MR) is 186 cm³/mol. The van der Waals surface area contributed by atoms with Gasteiger partial charge in [-0.3, -0.25) is 0 Å². The van der Waals surface area contributed by atoms with Crippen LogP contribution in [0, 0.1) is 0 Å². The molecule has 0 spiro atoms. The van der Waals surface area contributed by atoms with E-state index in [-0.39, 0.29) is 0 Å². The van der Waals surface area contributed by atoms with Crippen molar-refractivity contribution in [3.8, 4) is 5.69 Å². The minimum absolute atomic E-state index is 1.13. The molecule has 0 amide bonds. The van der Waals surface area contributed by atoms with Crippen LogP contribution < -0.4 is 4.90 Å². The Bertz CT molecular complexity index is 2450. The van der Waals surface area contributed by atoms with Crippen molar-refractivity contribution in [2.24, 2.45) is 0 Å². The third kappa shape index (κ3) is 3.79. The molecular weight excluding hydrogens is 541 g/mol. The van der Waals surface area contributed by atoms with Crippen molar-refractivity contribution in [2.45, 2.75) is 0 Å². The monoisotopic (exact) mass is 566 g/mol. The van der Waals surface area contributed by atoms with E-state index >= 15 is 0 Å². The van der Waals surface area contributed by atoms with Crippen LogP contribution >= 0.6 is 11.3 Å². The van der Waals surface area contributed by atoms with Gasteiger partial charge in [-0.05, 0) is 83.6 Å². The highest BCUT2D eigenvalue weighted by atomic mass is 32.1. The van der Waals surface area contributed by atoms with Crippen LogP contribution in [0.25, 0.3) is 58.4 Å². The molecule has 202 valence electrons. The van der Waals surface area contributed by atoms with Gasteiger partial charge in [0.1, 0.15) is 0 Å². The summed E-state index contributed by atoms with van der Waals surface area (Å²) < 4.78 is 5.03. The summed E-state index contributed by atoms with van der Waals surface area (Å²) in [5.74, 6) is 0. The summed E-state index contributed by atoms with van der Waals surface area (Å²) in [4.78, 5) is 2.39. The second-order valence-electron chi connectivity index (χ2n) is 11.0. The van der Waals surface area contributed by atoms with Gasteiger partial charge >= 0.3 is 0 Å². The number of aromatic nitrogens is 1. The molecule has 9 aromatic rings. The van der Waals surface area contributed by atoms with Crippen molar-refractivity contribution >= 4 is 81.1 Å². The number of benzene rings is 7. The van der Waals surface area contributed by atoms with Crippen LogP contribution in [-0.4, -0.2) is 4.57 Å². The van der Waals surface area contributed by atoms with Gasteiger partial charge in [-0.25, -0.2) is 0 Å². The number of hydrogen-bond acceptors (Lipinski definition) is 2. The van der Waals surface area contributed by atoms with Crippen molar-refractivity contribution in [1.29, 1.82) is 0 Å². The topological polar surface area (TPSA) is 8.17 Å². The standard InChI is InChI=1S/C40H26N2S/c1-3-11-28(12-4-1)41(30-21-19-27-20-24-39-40(34(27)25-30)33-16-8-10-18-38(33)43-39)31-22-23-37-35(26-31)32-15-7-9-17-36(32)42(37)29-13-5-2-6-14-29/h1-26H. The van der Waals surface area contributed by atoms with Gasteiger partial charge in [0.05, 0.1) is 11.0 Å². The van der Waals surface area contributed by atoms with Crippen molar-refractivity contribution in [1.82, 2.24) is 4.57 Å². The highest BCUT2D eigenvalue weighted by molar-refractivity contribution is 7.26. The number of thiophene rings is 1. The molecule has 9 rings (SSSR count). The first-order chi connectivity index (χ1) is 21.3. The van der Waals surface area contributed by atoms with E-state index in [4.69, 9.17) is 0 Å². The molecule has 3 heteroatoms. The van der Waals surface area contributed by atoms with Gasteiger partial charge in [-0.2, -0.15) is 0 Å². The Labute approximate surface area is 253 Å². The highest BCUT2D eigenvalue weighted by Crippen LogP contribution is 2.43. The molecule has 0 saturated heterocycles. The normalized spacial score (nSPS) is 11.7. The maximum absolute atomic E-state index is 2.39. The number of nitrogens with zero attached hydrogens (tertiary/aromatic N) is 2. The molecule has 0 unspecified atom stereocenters. The van der Waals surface area contributed by atoms with Crippen LogP contribution in [0.15, 0.2) is 158 Å². The molecule has 2 nitrogen and oxygen atoms in total. The van der Waals surface area contributed by atoms with E-state index in [0.717, 1.165) is 17.1 Å². The largest absolute Gasteiger partial charge is 0.310 e. The SMILES string of the molecule is c1ccc(N(c2ccc3ccc4sc5ccccc5c4c3c2)c2ccc3c(c2)c2ccccc2n3-c2ccccc2)cc1. The van der Waals surface area contributed by atoms with Gasteiger partial charge in [0.2, 0.25) is 0 Å². The molecule has 0 bridgehead atoms. The van der Waals surface area contributed by atoms with Gasteiger partial charge < -0.3 is 9.47 Å². The Hall–Kier alpha value is -5.38. The number of fused-ring (bicyclic) bond motifs is 8. The molecule has 0 saturated carbocycles. The lowest BCUT2D eigenvalue weighted by atomic mass is 10.0. The minimum atomic E-state index is 1.13. The fourth-order valence-electron chi connectivity index (χ4n) is 6.65. The zero-order chi connectivity index (χ0) is 28.3. The van der Waals surface area contributed by atoms with E-state index in [2.05, 4.69) is 167 Å². The fraction of sp³-hybridized carbons (Fsp3) is 0. The van der Waals surface area contributed by atoms with Crippen molar-refractivity contribution < 1.29 is 0 Å². The molecule has 0 aliphatic carbocycles. The molecule has 0 fully saturated rings. The summed E-state index contributed by atoms with van der Waals surface area (Å²) >= 11 is 1.87. The average Bonchev–Trinajstić information content (AvgIpc) is 3.62. The van der Waals surface area contributed by atoms with Crippen LogP contribution in [-0.2, 0) is 0 Å². The molecule has 0 radical (unpaired) electrons. The van der Waals surface area contributed by atoms with E-state index in [0.29, 0.717) is 0 Å². The third-order valence-corrected chi connectivity index (χ3v) is 9.68. The Balaban J connectivity index is 1.30. The van der Waals surface area contributed by atoms with Crippen molar-refractivity contribution in [3.63, 3.8) is 0 Å². The second kappa shape index (κ2) is 9.59. The first-order valence-electron chi connectivity index (χ1n) is 14.6. The van der Waals surface area contributed by atoms with Gasteiger partial charge in [0.15, 0.2) is 0 Å². The molecule has 7 aromatic carbocycles. The smallest absolute Gasteiger partial charge is 0.0542 e. The summed E-state index contributed by atoms with van der Waals surface area (Å²) in [6.45, 7) is 0. The Kier molecular flexibility index (Phi) is 5.40. The first kappa shape index (κ1) is 24.2. The van der Waals surface area contributed by atoms with E-state index in [1.54, 1.807) is 0 Å². The number of hydrogen-bond donors (Lipinski definition) is 0. The number of anilines is 3. The van der Waals surface area contributed by atoms with Gasteiger partial charge in [0, 0.05) is 53.7 Å². The Morgan fingerprint density at radius 3 is 1.88 bits per heavy atom. The molecule has 0 atom stereocenters. The molecule has 2 aromatic heterocycles. The van der Waals surface area contributed by atoms with E-state index in [1.165, 1.54) is 58.4 Å². The predicted octanol–water partition coefficient (Wildman–Crippen LogP) is 11.8. The highest BCUT2D eigenvalue weighted by Gasteiger charge is 2.18. The molecule has 43 heavy (non-hydrogen) atoms. The third-order valence-electron chi connectivity index (χ3n) is 8.54. The Morgan fingerprint density at radius 1 is 0.419 bits per heavy atom. The lowest BCUT2D eigenvalue weighted by molar-refractivity contribution is 1.18. The molecule has 0 aliphatic heterocycles. The molecule has 0 aliphatic rings. The van der Waals surface area contributed by atoms with Crippen LogP contribution in [0.5, 0.6) is 0 Å². The minimum Gasteiger partial charge on any atom is -0.310 e. The lowest BCUT2D eigenvalue weighted by Crippen LogP contribution is -2.09. The number of para-hydroxylation sites is 3. The van der Waals surface area contributed by atoms with E-state index < -0.39 is 0 Å². The van der Waals surface area contributed by atoms with Gasteiger partial charge in [-0.15, -0.1) is 11.3 Å². The fourth-order valence-corrected chi connectivity index (χ4v) is 7.77. The van der Waals surface area contributed by atoms with E-state index in [1.807, 2.05) is 11.3 Å². The van der Waals surface area contributed by atoms with Crippen LogP contribution in [0.4, 0.5) is 17.1 Å².